The molecule has 0 unspecified atom stereocenters. The standard InChI is InChI=1S/C21H19FN4OS2/c1-2-26(11-18(27)23-10-16-4-3-9-28-16)20-19-17(12-29-21(19)25-13-24-20)14-5-7-15(22)8-6-14/h3-9,12-13H,2,10-11H2,1H3,(H,23,27). The first-order valence-electron chi connectivity index (χ1n) is 9.18. The molecule has 0 saturated heterocycles. The van der Waals surface area contributed by atoms with Crippen molar-refractivity contribution < 1.29 is 9.18 Å². The van der Waals surface area contributed by atoms with E-state index in [1.165, 1.54) is 29.8 Å². The van der Waals surface area contributed by atoms with Gasteiger partial charge in [-0.2, -0.15) is 0 Å². The minimum Gasteiger partial charge on any atom is -0.350 e. The molecule has 3 heterocycles. The summed E-state index contributed by atoms with van der Waals surface area (Å²) in [6, 6.07) is 10.3. The highest BCUT2D eigenvalue weighted by Gasteiger charge is 2.19. The molecule has 0 aliphatic heterocycles. The molecular weight excluding hydrogens is 407 g/mol. The third kappa shape index (κ3) is 4.28. The van der Waals surface area contributed by atoms with Crippen molar-refractivity contribution in [1.82, 2.24) is 15.3 Å². The fraction of sp³-hybridized carbons (Fsp3) is 0.190. The molecule has 3 aromatic heterocycles. The Balaban J connectivity index is 1.61. The van der Waals surface area contributed by atoms with Crippen molar-refractivity contribution in [2.24, 2.45) is 0 Å². The number of hydrogen-bond acceptors (Lipinski definition) is 6. The molecule has 8 heteroatoms. The van der Waals surface area contributed by atoms with E-state index in [4.69, 9.17) is 0 Å². The molecule has 0 saturated carbocycles. The van der Waals surface area contributed by atoms with Crippen LogP contribution in [-0.2, 0) is 11.3 Å². The van der Waals surface area contributed by atoms with Crippen LogP contribution in [0.25, 0.3) is 21.3 Å². The summed E-state index contributed by atoms with van der Waals surface area (Å²) in [6.45, 7) is 3.33. The molecule has 0 bridgehead atoms. The SMILES string of the molecule is CCN(CC(=O)NCc1cccs1)c1ncnc2scc(-c3ccc(F)cc3)c12. The lowest BCUT2D eigenvalue weighted by Gasteiger charge is -2.22. The molecule has 0 spiro atoms. The zero-order chi connectivity index (χ0) is 20.2. The summed E-state index contributed by atoms with van der Waals surface area (Å²) < 4.78 is 13.3. The average Bonchev–Trinajstić information content (AvgIpc) is 3.41. The van der Waals surface area contributed by atoms with Crippen LogP contribution in [0.15, 0.2) is 53.5 Å². The molecule has 29 heavy (non-hydrogen) atoms. The predicted octanol–water partition coefficient (Wildman–Crippen LogP) is 4.70. The van der Waals surface area contributed by atoms with Gasteiger partial charge >= 0.3 is 0 Å². The van der Waals surface area contributed by atoms with Gasteiger partial charge in [0, 0.05) is 22.4 Å². The molecule has 1 N–H and O–H groups in total. The molecule has 1 aromatic carbocycles. The van der Waals surface area contributed by atoms with Gasteiger partial charge in [0.2, 0.25) is 5.91 Å². The van der Waals surface area contributed by atoms with E-state index in [2.05, 4.69) is 15.3 Å². The van der Waals surface area contributed by atoms with Gasteiger partial charge in [-0.3, -0.25) is 4.79 Å². The monoisotopic (exact) mass is 426 g/mol. The van der Waals surface area contributed by atoms with Gasteiger partial charge in [-0.05, 0) is 36.1 Å². The number of carbonyl (C=O) groups excluding carboxylic acids is 1. The number of halogens is 1. The number of benzene rings is 1. The molecule has 0 atom stereocenters. The molecule has 0 aliphatic rings. The van der Waals surface area contributed by atoms with Crippen LogP contribution in [0.5, 0.6) is 0 Å². The van der Waals surface area contributed by atoms with E-state index >= 15 is 0 Å². The summed E-state index contributed by atoms with van der Waals surface area (Å²) in [5.74, 6) is 0.372. The lowest BCUT2D eigenvalue weighted by Crippen LogP contribution is -2.37. The Morgan fingerprint density at radius 3 is 2.72 bits per heavy atom. The molecule has 5 nitrogen and oxygen atoms in total. The normalized spacial score (nSPS) is 11.0. The zero-order valence-corrected chi connectivity index (χ0v) is 17.4. The number of fused-ring (bicyclic) bond motifs is 1. The summed E-state index contributed by atoms with van der Waals surface area (Å²) in [6.07, 6.45) is 1.52. The second-order valence-corrected chi connectivity index (χ2v) is 8.29. The van der Waals surface area contributed by atoms with Crippen LogP contribution < -0.4 is 10.2 Å². The molecule has 4 rings (SSSR count). The number of amides is 1. The maximum absolute atomic E-state index is 13.3. The van der Waals surface area contributed by atoms with E-state index < -0.39 is 0 Å². The quantitative estimate of drug-likeness (QED) is 0.465. The first-order valence-corrected chi connectivity index (χ1v) is 10.9. The van der Waals surface area contributed by atoms with Gasteiger partial charge in [0.25, 0.3) is 0 Å². The number of carbonyl (C=O) groups is 1. The minimum absolute atomic E-state index is 0.0643. The highest BCUT2D eigenvalue weighted by Crippen LogP contribution is 2.37. The summed E-state index contributed by atoms with van der Waals surface area (Å²) in [5, 5.41) is 7.84. The van der Waals surface area contributed by atoms with Crippen LogP contribution in [0.1, 0.15) is 11.8 Å². The van der Waals surface area contributed by atoms with Crippen LogP contribution in [0, 0.1) is 5.82 Å². The van der Waals surface area contributed by atoms with E-state index in [0.29, 0.717) is 18.9 Å². The van der Waals surface area contributed by atoms with Gasteiger partial charge in [-0.15, -0.1) is 22.7 Å². The van der Waals surface area contributed by atoms with Crippen molar-refractivity contribution in [2.45, 2.75) is 13.5 Å². The van der Waals surface area contributed by atoms with Crippen LogP contribution in [-0.4, -0.2) is 29.0 Å². The fourth-order valence-electron chi connectivity index (χ4n) is 3.11. The second kappa shape index (κ2) is 8.67. The number of thiophene rings is 2. The van der Waals surface area contributed by atoms with Crippen molar-refractivity contribution in [3.8, 4) is 11.1 Å². The largest absolute Gasteiger partial charge is 0.350 e. The second-order valence-electron chi connectivity index (χ2n) is 6.40. The summed E-state index contributed by atoms with van der Waals surface area (Å²) in [5.41, 5.74) is 1.84. The molecular formula is C21H19FN4OS2. The van der Waals surface area contributed by atoms with E-state index in [0.717, 1.165) is 26.2 Å². The molecule has 1 amide bonds. The molecule has 0 fully saturated rings. The van der Waals surface area contributed by atoms with E-state index in [1.807, 2.05) is 34.7 Å². The highest BCUT2D eigenvalue weighted by molar-refractivity contribution is 7.17. The fourth-order valence-corrected chi connectivity index (χ4v) is 4.66. The smallest absolute Gasteiger partial charge is 0.239 e. The van der Waals surface area contributed by atoms with Crippen LogP contribution in [0.2, 0.25) is 0 Å². The topological polar surface area (TPSA) is 58.1 Å². The first kappa shape index (κ1) is 19.5. The molecule has 148 valence electrons. The number of rotatable bonds is 7. The summed E-state index contributed by atoms with van der Waals surface area (Å²) in [7, 11) is 0. The van der Waals surface area contributed by atoms with Crippen LogP contribution in [0.3, 0.4) is 0 Å². The number of aromatic nitrogens is 2. The van der Waals surface area contributed by atoms with Gasteiger partial charge < -0.3 is 10.2 Å². The highest BCUT2D eigenvalue weighted by atomic mass is 32.1. The van der Waals surface area contributed by atoms with E-state index in [-0.39, 0.29) is 18.3 Å². The van der Waals surface area contributed by atoms with Gasteiger partial charge in [0.05, 0.1) is 18.5 Å². The Bertz CT molecular complexity index is 1110. The van der Waals surface area contributed by atoms with Gasteiger partial charge in [0.1, 0.15) is 22.8 Å². The van der Waals surface area contributed by atoms with Gasteiger partial charge in [0.15, 0.2) is 0 Å². The third-order valence-electron chi connectivity index (χ3n) is 4.56. The number of nitrogens with one attached hydrogen (secondary N) is 1. The lowest BCUT2D eigenvalue weighted by molar-refractivity contribution is -0.119. The van der Waals surface area contributed by atoms with Crippen LogP contribution >= 0.6 is 22.7 Å². The Morgan fingerprint density at radius 1 is 1.17 bits per heavy atom. The third-order valence-corrected chi connectivity index (χ3v) is 6.32. The van der Waals surface area contributed by atoms with Crippen LogP contribution in [0.4, 0.5) is 10.2 Å². The molecule has 4 aromatic rings. The van der Waals surface area contributed by atoms with Crippen molar-refractivity contribution >= 4 is 44.6 Å². The zero-order valence-electron chi connectivity index (χ0n) is 15.8. The first-order chi connectivity index (χ1) is 14.2. The minimum atomic E-state index is -0.276. The van der Waals surface area contributed by atoms with E-state index in [9.17, 15) is 9.18 Å². The number of likely N-dealkylation sites (N-methyl/N-ethyl adjacent to an activating group) is 1. The Morgan fingerprint density at radius 2 is 2.00 bits per heavy atom. The molecule has 0 radical (unpaired) electrons. The summed E-state index contributed by atoms with van der Waals surface area (Å²) >= 11 is 3.13. The van der Waals surface area contributed by atoms with Gasteiger partial charge in [-0.1, -0.05) is 18.2 Å². The maximum Gasteiger partial charge on any atom is 0.239 e. The maximum atomic E-state index is 13.3. The lowest BCUT2D eigenvalue weighted by atomic mass is 10.1. The Kier molecular flexibility index (Phi) is 5.82. The summed E-state index contributed by atoms with van der Waals surface area (Å²) in [4.78, 5) is 25.3. The van der Waals surface area contributed by atoms with E-state index in [1.54, 1.807) is 23.5 Å². The average molecular weight is 427 g/mol. The van der Waals surface area contributed by atoms with Gasteiger partial charge in [-0.25, -0.2) is 14.4 Å². The van der Waals surface area contributed by atoms with Crippen molar-refractivity contribution in [3.63, 3.8) is 0 Å². The Hall–Kier alpha value is -2.84. The van der Waals surface area contributed by atoms with Crippen molar-refractivity contribution in [3.05, 3.63) is 64.2 Å². The number of nitrogens with zero attached hydrogens (tertiary/aromatic N) is 3. The van der Waals surface area contributed by atoms with Crippen molar-refractivity contribution in [2.75, 3.05) is 18.0 Å². The van der Waals surface area contributed by atoms with Crippen molar-refractivity contribution in [1.29, 1.82) is 0 Å². The number of anilines is 1. The predicted molar refractivity (Wildman–Crippen MR) is 117 cm³/mol. The number of hydrogen-bond donors (Lipinski definition) is 1. The Labute approximate surface area is 175 Å². The molecule has 0 aliphatic carbocycles.